The Kier molecular flexibility index (Phi) is 6.73. The lowest BCUT2D eigenvalue weighted by atomic mass is 10.1. The molecule has 0 saturated carbocycles. The number of carboxylic acid groups (broad SMARTS) is 1. The van der Waals surface area contributed by atoms with Crippen LogP contribution in [0, 0.1) is 0 Å². The first kappa shape index (κ1) is 17.0. The van der Waals surface area contributed by atoms with Crippen molar-refractivity contribution in [2.24, 2.45) is 0 Å². The molecule has 3 amide bonds. The fraction of sp³-hybridized carbons (Fsp3) is 0.750. The van der Waals surface area contributed by atoms with Crippen LogP contribution in [0.15, 0.2) is 0 Å². The van der Waals surface area contributed by atoms with Crippen LogP contribution in [0.2, 0.25) is 0 Å². The molecule has 0 aromatic rings. The lowest BCUT2D eigenvalue weighted by Gasteiger charge is -2.31. The molecule has 21 heavy (non-hydrogen) atoms. The van der Waals surface area contributed by atoms with E-state index in [1.165, 1.54) is 0 Å². The topological polar surface area (TPSA) is 128 Å². The van der Waals surface area contributed by atoms with Crippen LogP contribution in [0.4, 0.5) is 9.59 Å². The van der Waals surface area contributed by atoms with Crippen molar-refractivity contribution >= 4 is 18.1 Å². The van der Waals surface area contributed by atoms with Gasteiger partial charge >= 0.3 is 18.1 Å². The Morgan fingerprint density at radius 3 is 2.48 bits per heavy atom. The summed E-state index contributed by atoms with van der Waals surface area (Å²) in [5.74, 6) is -1.39. The van der Waals surface area contributed by atoms with Crippen molar-refractivity contribution in [1.29, 1.82) is 0 Å². The monoisotopic (exact) mass is 303 g/mol. The first-order chi connectivity index (χ1) is 9.93. The van der Waals surface area contributed by atoms with Gasteiger partial charge < -0.3 is 30.5 Å². The molecule has 0 bridgehead atoms. The first-order valence-electron chi connectivity index (χ1n) is 6.81. The van der Waals surface area contributed by atoms with Gasteiger partial charge in [0.1, 0.15) is 0 Å². The molecule has 0 aromatic carbocycles. The lowest BCUT2D eigenvalue weighted by Crippen LogP contribution is -2.50. The molecule has 0 spiro atoms. The van der Waals surface area contributed by atoms with E-state index in [-0.39, 0.29) is 18.7 Å². The number of piperidine rings is 1. The molecule has 0 aliphatic carbocycles. The molecule has 9 nitrogen and oxygen atoms in total. The molecular formula is C12H21N3O6. The van der Waals surface area contributed by atoms with E-state index < -0.39 is 18.1 Å². The molecule has 120 valence electrons. The average Bonchev–Trinajstić information content (AvgIpc) is 2.45. The minimum absolute atomic E-state index is 0.0994. The van der Waals surface area contributed by atoms with Crippen LogP contribution >= 0.6 is 0 Å². The number of aliphatic hydroxyl groups excluding tert-OH is 1. The molecule has 9 heteroatoms. The van der Waals surface area contributed by atoms with Crippen molar-refractivity contribution in [2.45, 2.75) is 31.9 Å². The Morgan fingerprint density at radius 2 is 1.95 bits per heavy atom. The summed E-state index contributed by atoms with van der Waals surface area (Å²) in [6.07, 6.45) is -0.798. The normalized spacial score (nSPS) is 17.0. The van der Waals surface area contributed by atoms with Gasteiger partial charge in [0.25, 0.3) is 0 Å². The van der Waals surface area contributed by atoms with Gasteiger partial charge in [0.05, 0.1) is 13.2 Å². The van der Waals surface area contributed by atoms with Crippen molar-refractivity contribution in [1.82, 2.24) is 15.5 Å². The number of aliphatic carboxylic acids is 1. The molecule has 1 fully saturated rings. The SMILES string of the molecule is CCOC(=O)N1CCC(NC(=O)NCC(O)C(=O)O)CC1. The molecule has 1 rings (SSSR count). The van der Waals surface area contributed by atoms with Crippen LogP contribution in [-0.4, -0.2) is 71.6 Å². The van der Waals surface area contributed by atoms with Gasteiger partial charge in [-0.15, -0.1) is 0 Å². The number of amides is 3. The Morgan fingerprint density at radius 1 is 1.33 bits per heavy atom. The lowest BCUT2D eigenvalue weighted by molar-refractivity contribution is -0.146. The summed E-state index contributed by atoms with van der Waals surface area (Å²) in [4.78, 5) is 35.0. The Bertz CT molecular complexity index is 381. The third-order valence-electron chi connectivity index (χ3n) is 3.10. The van der Waals surface area contributed by atoms with Crippen LogP contribution < -0.4 is 10.6 Å². The highest BCUT2D eigenvalue weighted by atomic mass is 16.6. The minimum Gasteiger partial charge on any atom is -0.479 e. The zero-order valence-corrected chi connectivity index (χ0v) is 11.9. The highest BCUT2D eigenvalue weighted by Crippen LogP contribution is 2.11. The van der Waals surface area contributed by atoms with Crippen LogP contribution in [0.1, 0.15) is 19.8 Å². The van der Waals surface area contributed by atoms with Gasteiger partial charge in [-0.1, -0.05) is 0 Å². The predicted octanol–water partition coefficient (Wildman–Crippen LogP) is -0.648. The second kappa shape index (κ2) is 8.30. The maximum Gasteiger partial charge on any atom is 0.409 e. The summed E-state index contributed by atoms with van der Waals surface area (Å²) in [5.41, 5.74) is 0. The van der Waals surface area contributed by atoms with E-state index in [1.54, 1.807) is 11.8 Å². The standard InChI is InChI=1S/C12H21N3O6/c1-2-21-12(20)15-5-3-8(4-6-15)14-11(19)13-7-9(16)10(17)18/h8-9,16H,2-7H2,1H3,(H,17,18)(H2,13,14,19). The summed E-state index contributed by atoms with van der Waals surface area (Å²) >= 11 is 0. The van der Waals surface area contributed by atoms with Crippen molar-refractivity contribution in [3.8, 4) is 0 Å². The predicted molar refractivity (Wildman–Crippen MR) is 71.8 cm³/mol. The summed E-state index contributed by atoms with van der Waals surface area (Å²) in [6, 6.07) is -0.637. The maximum atomic E-state index is 11.5. The third kappa shape index (κ3) is 5.86. The van der Waals surface area contributed by atoms with Crippen molar-refractivity contribution in [3.05, 3.63) is 0 Å². The zero-order chi connectivity index (χ0) is 15.8. The van der Waals surface area contributed by atoms with E-state index >= 15 is 0 Å². The Hall–Kier alpha value is -2.03. The third-order valence-corrected chi connectivity index (χ3v) is 3.10. The van der Waals surface area contributed by atoms with E-state index in [0.29, 0.717) is 32.5 Å². The highest BCUT2D eigenvalue weighted by Gasteiger charge is 2.24. The molecule has 1 heterocycles. The molecule has 0 radical (unpaired) electrons. The van der Waals surface area contributed by atoms with Gasteiger partial charge in [0.2, 0.25) is 0 Å². The number of urea groups is 1. The Balaban J connectivity index is 2.24. The number of hydrogen-bond donors (Lipinski definition) is 4. The van der Waals surface area contributed by atoms with Gasteiger partial charge in [-0.25, -0.2) is 14.4 Å². The van der Waals surface area contributed by atoms with Gasteiger partial charge in [0.15, 0.2) is 6.10 Å². The molecular weight excluding hydrogens is 282 g/mol. The molecule has 1 atom stereocenters. The van der Waals surface area contributed by atoms with Crippen molar-refractivity contribution in [3.63, 3.8) is 0 Å². The average molecular weight is 303 g/mol. The van der Waals surface area contributed by atoms with Gasteiger partial charge in [-0.3, -0.25) is 0 Å². The summed E-state index contributed by atoms with van der Waals surface area (Å²) < 4.78 is 4.89. The van der Waals surface area contributed by atoms with Gasteiger partial charge in [-0.05, 0) is 19.8 Å². The molecule has 0 aromatic heterocycles. The number of hydrogen-bond acceptors (Lipinski definition) is 5. The van der Waals surface area contributed by atoms with Crippen LogP contribution in [-0.2, 0) is 9.53 Å². The molecule has 1 aliphatic heterocycles. The van der Waals surface area contributed by atoms with E-state index in [0.717, 1.165) is 0 Å². The number of ether oxygens (including phenoxy) is 1. The number of aliphatic hydroxyl groups is 1. The quantitative estimate of drug-likeness (QED) is 0.534. The number of likely N-dealkylation sites (tertiary alicyclic amines) is 1. The number of carbonyl (C=O) groups excluding carboxylic acids is 2. The second-order valence-electron chi connectivity index (χ2n) is 4.67. The number of carboxylic acids is 1. The Labute approximate surface area is 122 Å². The fourth-order valence-corrected chi connectivity index (χ4v) is 1.93. The van der Waals surface area contributed by atoms with Gasteiger partial charge in [-0.2, -0.15) is 0 Å². The van der Waals surface area contributed by atoms with Crippen LogP contribution in [0.3, 0.4) is 0 Å². The van der Waals surface area contributed by atoms with Crippen LogP contribution in [0.25, 0.3) is 0 Å². The van der Waals surface area contributed by atoms with Crippen LogP contribution in [0.5, 0.6) is 0 Å². The fourth-order valence-electron chi connectivity index (χ4n) is 1.93. The smallest absolute Gasteiger partial charge is 0.409 e. The highest BCUT2D eigenvalue weighted by molar-refractivity contribution is 5.76. The molecule has 1 unspecified atom stereocenters. The summed E-state index contributed by atoms with van der Waals surface area (Å²) in [7, 11) is 0. The van der Waals surface area contributed by atoms with Crippen molar-refractivity contribution in [2.75, 3.05) is 26.2 Å². The van der Waals surface area contributed by atoms with Gasteiger partial charge in [0, 0.05) is 19.1 Å². The molecule has 1 saturated heterocycles. The summed E-state index contributed by atoms with van der Waals surface area (Å²) in [5, 5.41) is 22.4. The van der Waals surface area contributed by atoms with E-state index in [9.17, 15) is 14.4 Å². The first-order valence-corrected chi connectivity index (χ1v) is 6.81. The number of rotatable bonds is 5. The largest absolute Gasteiger partial charge is 0.479 e. The summed E-state index contributed by atoms with van der Waals surface area (Å²) in [6.45, 7) is 2.68. The number of nitrogens with one attached hydrogen (secondary N) is 2. The number of carbonyl (C=O) groups is 3. The minimum atomic E-state index is -1.62. The van der Waals surface area contributed by atoms with Crippen molar-refractivity contribution < 1.29 is 29.3 Å². The van der Waals surface area contributed by atoms with E-state index in [4.69, 9.17) is 14.9 Å². The molecule has 1 aliphatic rings. The molecule has 4 N–H and O–H groups in total. The second-order valence-corrected chi connectivity index (χ2v) is 4.67. The van der Waals surface area contributed by atoms with E-state index in [1.807, 2.05) is 0 Å². The number of nitrogens with zero attached hydrogens (tertiary/aromatic N) is 1. The maximum absolute atomic E-state index is 11.5. The zero-order valence-electron chi connectivity index (χ0n) is 11.9. The van der Waals surface area contributed by atoms with E-state index in [2.05, 4.69) is 10.6 Å².